The van der Waals surface area contributed by atoms with Gasteiger partial charge in [-0.2, -0.15) is 0 Å². The molecule has 2 unspecified atom stereocenters. The van der Waals surface area contributed by atoms with Gasteiger partial charge in [0.1, 0.15) is 6.04 Å². The van der Waals surface area contributed by atoms with Crippen LogP contribution >= 0.6 is 23.2 Å². The van der Waals surface area contributed by atoms with Gasteiger partial charge in [0.2, 0.25) is 11.2 Å². The number of nitrogens with zero attached hydrogens (tertiary/aromatic N) is 3. The SMILES string of the molecule is O=C(NC(c1ccccc1)C1(O)CC1)C(CO)N1Cc2ccc(-c3nc(Cl)ncc3Cl)cc2C1=O. The van der Waals surface area contributed by atoms with E-state index in [9.17, 15) is 19.8 Å². The van der Waals surface area contributed by atoms with Crippen molar-refractivity contribution < 1.29 is 19.8 Å². The first-order valence-corrected chi connectivity index (χ1v) is 11.9. The van der Waals surface area contributed by atoms with Crippen LogP contribution in [0.25, 0.3) is 11.3 Å². The maximum atomic E-state index is 13.3. The summed E-state index contributed by atoms with van der Waals surface area (Å²) in [6, 6.07) is 12.6. The minimum Gasteiger partial charge on any atom is -0.394 e. The Kier molecular flexibility index (Phi) is 6.23. The average Bonchev–Trinajstić information content (AvgIpc) is 3.53. The van der Waals surface area contributed by atoms with Crippen LogP contribution in [-0.4, -0.2) is 55.1 Å². The lowest BCUT2D eigenvalue weighted by molar-refractivity contribution is -0.129. The zero-order valence-corrected chi connectivity index (χ0v) is 20.0. The first-order chi connectivity index (χ1) is 16.8. The van der Waals surface area contributed by atoms with Crippen molar-refractivity contribution in [2.24, 2.45) is 0 Å². The first-order valence-electron chi connectivity index (χ1n) is 11.1. The molecule has 10 heteroatoms. The third-order valence-corrected chi connectivity index (χ3v) is 6.96. The lowest BCUT2D eigenvalue weighted by atomic mass is 9.99. The molecule has 1 fully saturated rings. The highest BCUT2D eigenvalue weighted by atomic mass is 35.5. The van der Waals surface area contributed by atoms with Gasteiger partial charge in [0, 0.05) is 17.7 Å². The molecular formula is C25H22Cl2N4O4. The Labute approximate surface area is 211 Å². The Bertz CT molecular complexity index is 1300. The molecule has 35 heavy (non-hydrogen) atoms. The van der Waals surface area contributed by atoms with Gasteiger partial charge < -0.3 is 20.4 Å². The molecule has 0 spiro atoms. The van der Waals surface area contributed by atoms with E-state index in [-0.39, 0.29) is 16.9 Å². The van der Waals surface area contributed by atoms with Crippen molar-refractivity contribution in [2.75, 3.05) is 6.61 Å². The van der Waals surface area contributed by atoms with E-state index in [1.165, 1.54) is 11.1 Å². The number of carbonyl (C=O) groups excluding carboxylic acids is 2. The fourth-order valence-electron chi connectivity index (χ4n) is 4.42. The highest BCUT2D eigenvalue weighted by molar-refractivity contribution is 6.33. The number of benzene rings is 2. The summed E-state index contributed by atoms with van der Waals surface area (Å²) >= 11 is 12.1. The molecule has 3 N–H and O–H groups in total. The average molecular weight is 513 g/mol. The molecular weight excluding hydrogens is 491 g/mol. The molecule has 2 aromatic carbocycles. The summed E-state index contributed by atoms with van der Waals surface area (Å²) in [7, 11) is 0. The number of aromatic nitrogens is 2. The Hall–Kier alpha value is -3.04. The lowest BCUT2D eigenvalue weighted by Gasteiger charge is -2.30. The van der Waals surface area contributed by atoms with Crippen LogP contribution in [0.15, 0.2) is 54.7 Å². The molecule has 3 aromatic rings. The predicted molar refractivity (Wildman–Crippen MR) is 130 cm³/mol. The van der Waals surface area contributed by atoms with Gasteiger partial charge in [0.15, 0.2) is 0 Å². The largest absolute Gasteiger partial charge is 0.394 e. The van der Waals surface area contributed by atoms with Crippen molar-refractivity contribution in [1.82, 2.24) is 20.2 Å². The number of hydrogen-bond acceptors (Lipinski definition) is 6. The molecule has 2 aliphatic rings. The molecule has 2 heterocycles. The van der Waals surface area contributed by atoms with E-state index in [0.717, 1.165) is 5.56 Å². The minimum atomic E-state index is -1.12. The van der Waals surface area contributed by atoms with Crippen molar-refractivity contribution in [1.29, 1.82) is 0 Å². The number of halogens is 2. The molecule has 1 aromatic heterocycles. The van der Waals surface area contributed by atoms with Crippen LogP contribution in [0.3, 0.4) is 0 Å². The van der Waals surface area contributed by atoms with Gasteiger partial charge in [-0.3, -0.25) is 9.59 Å². The summed E-state index contributed by atoms with van der Waals surface area (Å²) in [4.78, 5) is 35.9. The van der Waals surface area contributed by atoms with Crippen LogP contribution in [0.2, 0.25) is 10.3 Å². The highest BCUT2D eigenvalue weighted by Gasteiger charge is 2.50. The Morgan fingerprint density at radius 1 is 1.17 bits per heavy atom. The fraction of sp³-hybridized carbons (Fsp3) is 0.280. The maximum absolute atomic E-state index is 13.3. The summed E-state index contributed by atoms with van der Waals surface area (Å²) in [6.07, 6.45) is 2.50. The lowest BCUT2D eigenvalue weighted by Crippen LogP contribution is -2.51. The van der Waals surface area contributed by atoms with Gasteiger partial charge in [0.05, 0.1) is 35.2 Å². The van der Waals surface area contributed by atoms with E-state index in [4.69, 9.17) is 23.2 Å². The van der Waals surface area contributed by atoms with Crippen LogP contribution in [0.1, 0.15) is 40.4 Å². The molecule has 1 aliphatic heterocycles. The van der Waals surface area contributed by atoms with Crippen molar-refractivity contribution in [2.45, 2.75) is 37.1 Å². The van der Waals surface area contributed by atoms with Crippen molar-refractivity contribution in [3.05, 3.63) is 81.7 Å². The number of aliphatic hydroxyl groups excluding tert-OH is 1. The molecule has 5 rings (SSSR count). The van der Waals surface area contributed by atoms with Crippen LogP contribution in [-0.2, 0) is 11.3 Å². The zero-order valence-electron chi connectivity index (χ0n) is 18.5. The normalized spacial score (nSPS) is 17.6. The molecule has 2 amide bonds. The summed E-state index contributed by atoms with van der Waals surface area (Å²) < 4.78 is 0. The topological polar surface area (TPSA) is 116 Å². The number of rotatable bonds is 7. The van der Waals surface area contributed by atoms with Crippen molar-refractivity contribution >= 4 is 35.0 Å². The Morgan fingerprint density at radius 3 is 2.60 bits per heavy atom. The van der Waals surface area contributed by atoms with Gasteiger partial charge in [-0.05, 0) is 41.6 Å². The zero-order chi connectivity index (χ0) is 24.7. The maximum Gasteiger partial charge on any atom is 0.255 e. The third kappa shape index (κ3) is 4.50. The van der Waals surface area contributed by atoms with Crippen molar-refractivity contribution in [3.63, 3.8) is 0 Å². The first kappa shape index (κ1) is 23.7. The molecule has 2 atom stereocenters. The third-order valence-electron chi connectivity index (χ3n) is 6.50. The molecule has 180 valence electrons. The Balaban J connectivity index is 1.39. The monoisotopic (exact) mass is 512 g/mol. The van der Waals surface area contributed by atoms with Gasteiger partial charge in [-0.1, -0.05) is 54.1 Å². The standard InChI is InChI=1S/C25H22Cl2N4O4/c26-18-11-28-24(27)29-20(18)15-6-7-16-12-31(23(34)17(16)10-15)19(13-32)22(33)30-21(25(35)8-9-25)14-4-2-1-3-5-14/h1-7,10-11,19,21,32,35H,8-9,12-13H2,(H,30,33). The molecule has 1 saturated carbocycles. The van der Waals surface area contributed by atoms with E-state index in [1.54, 1.807) is 18.2 Å². The van der Waals surface area contributed by atoms with Gasteiger partial charge >= 0.3 is 0 Å². The molecule has 0 bridgehead atoms. The van der Waals surface area contributed by atoms with E-state index < -0.39 is 36.1 Å². The fourth-order valence-corrected chi connectivity index (χ4v) is 4.76. The molecule has 0 radical (unpaired) electrons. The summed E-state index contributed by atoms with van der Waals surface area (Å²) in [5.41, 5.74) is 1.79. The summed E-state index contributed by atoms with van der Waals surface area (Å²) in [5, 5.41) is 24.1. The predicted octanol–water partition coefficient (Wildman–Crippen LogP) is 3.15. The number of fused-ring (bicyclic) bond motifs is 1. The summed E-state index contributed by atoms with van der Waals surface area (Å²) in [6.45, 7) is -0.405. The molecule has 0 saturated heterocycles. The second-order valence-electron chi connectivity index (χ2n) is 8.79. The number of amides is 2. The summed E-state index contributed by atoms with van der Waals surface area (Å²) in [5.74, 6) is -0.928. The van der Waals surface area contributed by atoms with Gasteiger partial charge in [-0.25, -0.2) is 9.97 Å². The number of hydrogen-bond donors (Lipinski definition) is 3. The van der Waals surface area contributed by atoms with Crippen molar-refractivity contribution in [3.8, 4) is 11.3 Å². The van der Waals surface area contributed by atoms with E-state index in [2.05, 4.69) is 15.3 Å². The van der Waals surface area contributed by atoms with E-state index in [0.29, 0.717) is 35.2 Å². The Morgan fingerprint density at radius 2 is 1.91 bits per heavy atom. The van der Waals surface area contributed by atoms with E-state index >= 15 is 0 Å². The smallest absolute Gasteiger partial charge is 0.255 e. The quantitative estimate of drug-likeness (QED) is 0.418. The van der Waals surface area contributed by atoms with Crippen LogP contribution < -0.4 is 5.32 Å². The number of aliphatic hydroxyl groups is 2. The highest BCUT2D eigenvalue weighted by Crippen LogP contribution is 2.46. The molecule has 1 aliphatic carbocycles. The number of carbonyl (C=O) groups is 2. The van der Waals surface area contributed by atoms with Gasteiger partial charge in [0.25, 0.3) is 5.91 Å². The second-order valence-corrected chi connectivity index (χ2v) is 9.54. The van der Waals surface area contributed by atoms with Gasteiger partial charge in [-0.15, -0.1) is 0 Å². The van der Waals surface area contributed by atoms with Crippen LogP contribution in [0.5, 0.6) is 0 Å². The molecule has 8 nitrogen and oxygen atoms in total. The number of nitrogens with one attached hydrogen (secondary N) is 1. The van der Waals surface area contributed by atoms with Crippen LogP contribution in [0, 0.1) is 0 Å². The van der Waals surface area contributed by atoms with Crippen LogP contribution in [0.4, 0.5) is 0 Å². The minimum absolute atomic E-state index is 0.0279. The second kappa shape index (κ2) is 9.20. The van der Waals surface area contributed by atoms with E-state index in [1.807, 2.05) is 30.3 Å².